The highest BCUT2D eigenvalue weighted by atomic mass is 15.5. The summed E-state index contributed by atoms with van der Waals surface area (Å²) >= 11 is 0. The third-order valence-corrected chi connectivity index (χ3v) is 6.09. The fourth-order valence-corrected chi connectivity index (χ4v) is 4.83. The molecule has 0 saturated carbocycles. The van der Waals surface area contributed by atoms with Gasteiger partial charge in [0.05, 0.1) is 6.17 Å². The van der Waals surface area contributed by atoms with Crippen LogP contribution in [0.25, 0.3) is 0 Å². The molecule has 0 aromatic carbocycles. The van der Waals surface area contributed by atoms with E-state index in [4.69, 9.17) is 0 Å². The van der Waals surface area contributed by atoms with Crippen molar-refractivity contribution in [3.8, 4) is 0 Å². The maximum absolute atomic E-state index is 2.81. The van der Waals surface area contributed by atoms with E-state index in [2.05, 4.69) is 70.1 Å². The number of piperidine rings is 1. The maximum atomic E-state index is 2.81. The molecule has 2 heterocycles. The van der Waals surface area contributed by atoms with Gasteiger partial charge in [0, 0.05) is 42.8 Å². The molecule has 0 radical (unpaired) electrons. The Kier molecular flexibility index (Phi) is 5.31. The molecule has 2 aliphatic rings. The van der Waals surface area contributed by atoms with Crippen LogP contribution >= 0.6 is 0 Å². The first-order chi connectivity index (χ1) is 10.1. The predicted molar refractivity (Wildman–Crippen MR) is 96.2 cm³/mol. The van der Waals surface area contributed by atoms with Crippen LogP contribution < -0.4 is 0 Å². The van der Waals surface area contributed by atoms with Crippen LogP contribution in [0.15, 0.2) is 0 Å². The third kappa shape index (κ3) is 3.52. The minimum Gasteiger partial charge on any atom is -0.290 e. The van der Waals surface area contributed by atoms with Crippen LogP contribution in [0, 0.1) is 0 Å². The van der Waals surface area contributed by atoms with E-state index in [1.807, 2.05) is 0 Å². The molecular formula is C19H39N3. The minimum atomic E-state index is 0.315. The molecule has 0 unspecified atom stereocenters. The van der Waals surface area contributed by atoms with Crippen LogP contribution in [0.3, 0.4) is 0 Å². The summed E-state index contributed by atoms with van der Waals surface area (Å²) in [6.07, 6.45) is 4.58. The van der Waals surface area contributed by atoms with Crippen molar-refractivity contribution in [3.05, 3.63) is 0 Å². The smallest absolute Gasteiger partial charge is 0.0759 e. The van der Waals surface area contributed by atoms with E-state index < -0.39 is 0 Å². The van der Waals surface area contributed by atoms with E-state index in [1.165, 1.54) is 38.9 Å². The summed E-state index contributed by atoms with van der Waals surface area (Å²) in [5.41, 5.74) is 0.630. The second-order valence-electron chi connectivity index (χ2n) is 9.23. The molecule has 0 aliphatic carbocycles. The van der Waals surface area contributed by atoms with Gasteiger partial charge in [-0.3, -0.25) is 14.7 Å². The molecule has 2 aliphatic heterocycles. The Morgan fingerprint density at radius 1 is 0.818 bits per heavy atom. The van der Waals surface area contributed by atoms with Crippen LogP contribution in [-0.2, 0) is 0 Å². The van der Waals surface area contributed by atoms with Gasteiger partial charge in [-0.1, -0.05) is 0 Å². The van der Waals surface area contributed by atoms with Crippen molar-refractivity contribution in [2.24, 2.45) is 0 Å². The summed E-state index contributed by atoms with van der Waals surface area (Å²) in [7, 11) is 0. The molecule has 22 heavy (non-hydrogen) atoms. The Labute approximate surface area is 139 Å². The van der Waals surface area contributed by atoms with Crippen LogP contribution in [0.2, 0.25) is 0 Å². The van der Waals surface area contributed by atoms with Crippen molar-refractivity contribution in [1.29, 1.82) is 0 Å². The first-order valence-electron chi connectivity index (χ1n) is 9.35. The number of likely N-dealkylation sites (tertiary alicyclic amines) is 1. The Hall–Kier alpha value is -0.120. The van der Waals surface area contributed by atoms with Gasteiger partial charge in [0.1, 0.15) is 0 Å². The van der Waals surface area contributed by atoms with Crippen molar-refractivity contribution >= 4 is 0 Å². The summed E-state index contributed by atoms with van der Waals surface area (Å²) in [5.74, 6) is 0. The quantitative estimate of drug-likeness (QED) is 0.782. The molecule has 0 amide bonds. The molecule has 0 bridgehead atoms. The molecule has 2 saturated heterocycles. The molecule has 2 fully saturated rings. The van der Waals surface area contributed by atoms with Crippen LogP contribution in [-0.4, -0.2) is 63.7 Å². The lowest BCUT2D eigenvalue weighted by Crippen LogP contribution is -2.63. The number of rotatable bonds is 4. The fraction of sp³-hybridized carbons (Fsp3) is 1.00. The molecule has 0 aromatic rings. The largest absolute Gasteiger partial charge is 0.290 e. The van der Waals surface area contributed by atoms with Gasteiger partial charge in [-0.2, -0.15) is 0 Å². The molecule has 0 spiro atoms. The lowest BCUT2D eigenvalue weighted by atomic mass is 9.79. The van der Waals surface area contributed by atoms with Crippen LogP contribution in [0.1, 0.15) is 74.7 Å². The monoisotopic (exact) mass is 309 g/mol. The fourth-order valence-electron chi connectivity index (χ4n) is 4.83. The van der Waals surface area contributed by atoms with E-state index >= 15 is 0 Å². The molecule has 0 atom stereocenters. The van der Waals surface area contributed by atoms with Crippen molar-refractivity contribution < 1.29 is 0 Å². The normalized spacial score (nSPS) is 28.1. The second-order valence-corrected chi connectivity index (χ2v) is 9.23. The van der Waals surface area contributed by atoms with E-state index in [0.717, 1.165) is 0 Å². The van der Waals surface area contributed by atoms with E-state index in [1.54, 1.807) is 0 Å². The molecular weight excluding hydrogens is 270 g/mol. The van der Waals surface area contributed by atoms with Crippen molar-refractivity contribution in [3.63, 3.8) is 0 Å². The van der Waals surface area contributed by atoms with Gasteiger partial charge < -0.3 is 0 Å². The average molecular weight is 310 g/mol. The van der Waals surface area contributed by atoms with Crippen LogP contribution in [0.4, 0.5) is 0 Å². The van der Waals surface area contributed by atoms with Gasteiger partial charge in [-0.25, -0.2) is 0 Å². The zero-order chi connectivity index (χ0) is 16.7. The Bertz CT molecular complexity index is 341. The zero-order valence-electron chi connectivity index (χ0n) is 16.3. The molecule has 2 rings (SSSR count). The third-order valence-electron chi connectivity index (χ3n) is 6.09. The summed E-state index contributed by atoms with van der Waals surface area (Å²) in [6, 6.07) is 1.26. The molecule has 3 nitrogen and oxygen atoms in total. The Morgan fingerprint density at radius 2 is 1.23 bits per heavy atom. The first kappa shape index (κ1) is 18.2. The molecule has 3 heteroatoms. The van der Waals surface area contributed by atoms with Gasteiger partial charge >= 0.3 is 0 Å². The first-order valence-corrected chi connectivity index (χ1v) is 9.35. The summed E-state index contributed by atoms with van der Waals surface area (Å²) in [6.45, 7) is 22.8. The molecule has 0 aromatic heterocycles. The Morgan fingerprint density at radius 3 is 1.59 bits per heavy atom. The van der Waals surface area contributed by atoms with Crippen molar-refractivity contribution in [2.45, 2.75) is 104 Å². The van der Waals surface area contributed by atoms with Crippen LogP contribution in [0.5, 0.6) is 0 Å². The molecule has 130 valence electrons. The number of nitrogens with zero attached hydrogens (tertiary/aromatic N) is 3. The average Bonchev–Trinajstić information content (AvgIpc) is 2.77. The van der Waals surface area contributed by atoms with E-state index in [0.29, 0.717) is 29.3 Å². The van der Waals surface area contributed by atoms with Gasteiger partial charge in [0.15, 0.2) is 0 Å². The lowest BCUT2D eigenvalue weighted by molar-refractivity contribution is -0.0643. The summed E-state index contributed by atoms with van der Waals surface area (Å²) < 4.78 is 0. The minimum absolute atomic E-state index is 0.315. The van der Waals surface area contributed by atoms with Crippen molar-refractivity contribution in [2.75, 3.05) is 19.6 Å². The van der Waals surface area contributed by atoms with Gasteiger partial charge in [0.2, 0.25) is 0 Å². The number of hydrogen-bond acceptors (Lipinski definition) is 3. The SMILES string of the molecule is CC(C)N1CCN(C(C)C)C1CN1C(C)(C)CCCC1(C)C. The van der Waals surface area contributed by atoms with E-state index in [-0.39, 0.29) is 0 Å². The highest BCUT2D eigenvalue weighted by Crippen LogP contribution is 2.39. The number of hydrogen-bond donors (Lipinski definition) is 0. The highest BCUT2D eigenvalue weighted by Gasteiger charge is 2.45. The second kappa shape index (κ2) is 6.41. The van der Waals surface area contributed by atoms with E-state index in [9.17, 15) is 0 Å². The lowest BCUT2D eigenvalue weighted by Gasteiger charge is -2.55. The summed E-state index contributed by atoms with van der Waals surface area (Å²) in [5, 5.41) is 0. The maximum Gasteiger partial charge on any atom is 0.0759 e. The molecule has 0 N–H and O–H groups in total. The topological polar surface area (TPSA) is 9.72 Å². The Balaban J connectivity index is 2.23. The van der Waals surface area contributed by atoms with Gasteiger partial charge in [0.25, 0.3) is 0 Å². The standard InChI is InChI=1S/C19H39N3/c1-15(2)20-12-13-21(16(3)4)17(20)14-22-18(5,6)10-9-11-19(22,7)8/h15-17H,9-14H2,1-8H3. The van der Waals surface area contributed by atoms with Gasteiger partial charge in [-0.05, 0) is 74.7 Å². The zero-order valence-corrected chi connectivity index (χ0v) is 16.3. The van der Waals surface area contributed by atoms with Crippen molar-refractivity contribution in [1.82, 2.24) is 14.7 Å². The highest BCUT2D eigenvalue weighted by molar-refractivity contribution is 5.00. The van der Waals surface area contributed by atoms with Gasteiger partial charge in [-0.15, -0.1) is 0 Å². The summed E-state index contributed by atoms with van der Waals surface area (Å²) in [4.78, 5) is 8.23. The predicted octanol–water partition coefficient (Wildman–Crippen LogP) is 3.79.